The Hall–Kier alpha value is -2.30. The van der Waals surface area contributed by atoms with Crippen molar-refractivity contribution < 1.29 is 4.74 Å². The Morgan fingerprint density at radius 3 is 2.43 bits per heavy atom. The maximum absolute atomic E-state index is 5.24. The lowest BCUT2D eigenvalue weighted by Crippen LogP contribution is -2.07. The van der Waals surface area contributed by atoms with Gasteiger partial charge in [-0.2, -0.15) is 0 Å². The Bertz CT molecular complexity index is 626. The van der Waals surface area contributed by atoms with Crippen LogP contribution in [0.2, 0.25) is 0 Å². The zero-order chi connectivity index (χ0) is 15.4. The second-order valence-electron chi connectivity index (χ2n) is 5.20. The van der Waals surface area contributed by atoms with E-state index in [1.807, 2.05) is 32.2 Å². The summed E-state index contributed by atoms with van der Waals surface area (Å²) in [6, 6.07) is 5.93. The number of nitrogens with one attached hydrogen (secondary N) is 2. The molecule has 0 aliphatic carbocycles. The van der Waals surface area contributed by atoms with E-state index >= 15 is 0 Å². The van der Waals surface area contributed by atoms with Crippen LogP contribution in [0.3, 0.4) is 0 Å². The van der Waals surface area contributed by atoms with Gasteiger partial charge < -0.3 is 15.4 Å². The van der Waals surface area contributed by atoms with Crippen LogP contribution in [0.1, 0.15) is 30.9 Å². The number of benzene rings is 1. The van der Waals surface area contributed by atoms with E-state index in [4.69, 9.17) is 4.74 Å². The van der Waals surface area contributed by atoms with Crippen LogP contribution in [0.15, 0.2) is 24.5 Å². The highest BCUT2D eigenvalue weighted by molar-refractivity contribution is 5.68. The molecule has 2 aromatic rings. The molecular weight excluding hydrogens is 264 g/mol. The molecule has 0 amide bonds. The maximum atomic E-state index is 5.24. The van der Waals surface area contributed by atoms with Gasteiger partial charge in [-0.1, -0.05) is 13.8 Å². The molecule has 1 heterocycles. The zero-order valence-corrected chi connectivity index (χ0v) is 13.2. The Balaban J connectivity index is 2.40. The van der Waals surface area contributed by atoms with Crippen molar-refractivity contribution in [2.45, 2.75) is 26.7 Å². The molecule has 0 aliphatic heterocycles. The molecule has 1 aromatic heterocycles. The number of hydrogen-bond donors (Lipinski definition) is 2. The highest BCUT2D eigenvalue weighted by atomic mass is 16.5. The Labute approximate surface area is 125 Å². The van der Waals surface area contributed by atoms with Crippen LogP contribution in [0, 0.1) is 6.92 Å². The van der Waals surface area contributed by atoms with Gasteiger partial charge in [0.25, 0.3) is 0 Å². The topological polar surface area (TPSA) is 59.1 Å². The van der Waals surface area contributed by atoms with Crippen molar-refractivity contribution in [2.75, 3.05) is 24.8 Å². The monoisotopic (exact) mass is 286 g/mol. The van der Waals surface area contributed by atoms with E-state index in [0.717, 1.165) is 34.2 Å². The average molecular weight is 286 g/mol. The molecule has 0 atom stereocenters. The van der Waals surface area contributed by atoms with Crippen molar-refractivity contribution >= 4 is 17.3 Å². The summed E-state index contributed by atoms with van der Waals surface area (Å²) < 4.78 is 5.24. The summed E-state index contributed by atoms with van der Waals surface area (Å²) in [4.78, 5) is 8.68. The summed E-state index contributed by atoms with van der Waals surface area (Å²) in [5, 5.41) is 6.53. The first-order valence-electron chi connectivity index (χ1n) is 7.01. The molecule has 0 unspecified atom stereocenters. The standard InChI is InChI=1S/C16H22N4O/c1-10(2)14-15(17-4)18-9-19-16(14)20-13-7-6-12(21-5)8-11(13)3/h6-10H,1-5H3,(H2,17,18,19,20). The molecule has 0 fully saturated rings. The van der Waals surface area contributed by atoms with Crippen molar-refractivity contribution in [3.63, 3.8) is 0 Å². The van der Waals surface area contributed by atoms with Crippen LogP contribution < -0.4 is 15.4 Å². The van der Waals surface area contributed by atoms with Crippen LogP contribution in [0.5, 0.6) is 5.75 Å². The number of aryl methyl sites for hydroxylation is 1. The van der Waals surface area contributed by atoms with Crippen molar-refractivity contribution in [1.82, 2.24) is 9.97 Å². The van der Waals surface area contributed by atoms with Crippen LogP contribution in [-0.2, 0) is 0 Å². The van der Waals surface area contributed by atoms with Gasteiger partial charge in [-0.3, -0.25) is 0 Å². The molecule has 0 saturated carbocycles. The second-order valence-corrected chi connectivity index (χ2v) is 5.20. The second kappa shape index (κ2) is 6.43. The van der Waals surface area contributed by atoms with Crippen molar-refractivity contribution in [3.05, 3.63) is 35.7 Å². The van der Waals surface area contributed by atoms with E-state index in [1.165, 1.54) is 0 Å². The van der Waals surface area contributed by atoms with Gasteiger partial charge in [0.05, 0.1) is 7.11 Å². The maximum Gasteiger partial charge on any atom is 0.139 e. The van der Waals surface area contributed by atoms with Gasteiger partial charge in [0.15, 0.2) is 0 Å². The lowest BCUT2D eigenvalue weighted by atomic mass is 10.0. The summed E-state index contributed by atoms with van der Waals surface area (Å²) in [6.45, 7) is 6.30. The fourth-order valence-electron chi connectivity index (χ4n) is 2.27. The third kappa shape index (κ3) is 3.24. The lowest BCUT2D eigenvalue weighted by molar-refractivity contribution is 0.414. The normalized spacial score (nSPS) is 10.6. The van der Waals surface area contributed by atoms with E-state index in [2.05, 4.69) is 34.4 Å². The Kier molecular flexibility index (Phi) is 4.62. The van der Waals surface area contributed by atoms with Crippen molar-refractivity contribution in [1.29, 1.82) is 0 Å². The molecule has 1 aromatic carbocycles. The quantitative estimate of drug-likeness (QED) is 0.877. The van der Waals surface area contributed by atoms with Gasteiger partial charge in [0.1, 0.15) is 23.7 Å². The Morgan fingerprint density at radius 1 is 1.14 bits per heavy atom. The minimum absolute atomic E-state index is 0.315. The van der Waals surface area contributed by atoms with Gasteiger partial charge in [-0.05, 0) is 36.6 Å². The third-order valence-corrected chi connectivity index (χ3v) is 3.38. The number of rotatable bonds is 5. The van der Waals surface area contributed by atoms with Crippen LogP contribution in [0.4, 0.5) is 17.3 Å². The van der Waals surface area contributed by atoms with Gasteiger partial charge in [-0.15, -0.1) is 0 Å². The SMILES string of the molecule is CNc1ncnc(Nc2ccc(OC)cc2C)c1C(C)C. The minimum atomic E-state index is 0.315. The van der Waals surface area contributed by atoms with Gasteiger partial charge in [0, 0.05) is 18.3 Å². The molecular formula is C16H22N4O. The molecule has 0 radical (unpaired) electrons. The molecule has 21 heavy (non-hydrogen) atoms. The number of ether oxygens (including phenoxy) is 1. The van der Waals surface area contributed by atoms with Gasteiger partial charge >= 0.3 is 0 Å². The third-order valence-electron chi connectivity index (χ3n) is 3.38. The molecule has 2 N–H and O–H groups in total. The number of nitrogens with zero attached hydrogens (tertiary/aromatic N) is 2. The fourth-order valence-corrected chi connectivity index (χ4v) is 2.27. The number of aromatic nitrogens is 2. The largest absolute Gasteiger partial charge is 0.497 e. The molecule has 2 rings (SSSR count). The first-order chi connectivity index (χ1) is 10.1. The molecule has 0 aliphatic rings. The van der Waals surface area contributed by atoms with Crippen LogP contribution in [0.25, 0.3) is 0 Å². The summed E-state index contributed by atoms with van der Waals surface area (Å²) in [5.74, 6) is 2.85. The molecule has 0 bridgehead atoms. The smallest absolute Gasteiger partial charge is 0.139 e. The summed E-state index contributed by atoms with van der Waals surface area (Å²) in [5.41, 5.74) is 3.20. The van der Waals surface area contributed by atoms with Crippen molar-refractivity contribution in [2.24, 2.45) is 0 Å². The molecule has 0 saturated heterocycles. The highest BCUT2D eigenvalue weighted by Crippen LogP contribution is 2.31. The van der Waals surface area contributed by atoms with E-state index in [0.29, 0.717) is 5.92 Å². The highest BCUT2D eigenvalue weighted by Gasteiger charge is 2.15. The summed E-state index contributed by atoms with van der Waals surface area (Å²) in [6.07, 6.45) is 1.57. The minimum Gasteiger partial charge on any atom is -0.497 e. The molecule has 5 heteroatoms. The first kappa shape index (κ1) is 15.1. The number of hydrogen-bond acceptors (Lipinski definition) is 5. The van der Waals surface area contributed by atoms with Crippen molar-refractivity contribution in [3.8, 4) is 5.75 Å². The zero-order valence-electron chi connectivity index (χ0n) is 13.2. The molecule has 5 nitrogen and oxygen atoms in total. The average Bonchev–Trinajstić information content (AvgIpc) is 2.48. The van der Waals surface area contributed by atoms with Gasteiger partial charge in [-0.25, -0.2) is 9.97 Å². The lowest BCUT2D eigenvalue weighted by Gasteiger charge is -2.17. The van der Waals surface area contributed by atoms with Gasteiger partial charge in [0.2, 0.25) is 0 Å². The predicted octanol–water partition coefficient (Wildman–Crippen LogP) is 3.70. The van der Waals surface area contributed by atoms with E-state index in [1.54, 1.807) is 13.4 Å². The van der Waals surface area contributed by atoms with E-state index in [9.17, 15) is 0 Å². The van der Waals surface area contributed by atoms with Crippen LogP contribution >= 0.6 is 0 Å². The predicted molar refractivity (Wildman–Crippen MR) is 86.7 cm³/mol. The molecule has 0 spiro atoms. The van der Waals surface area contributed by atoms with E-state index in [-0.39, 0.29) is 0 Å². The van der Waals surface area contributed by atoms with Crippen LogP contribution in [-0.4, -0.2) is 24.1 Å². The summed E-state index contributed by atoms with van der Waals surface area (Å²) >= 11 is 0. The number of anilines is 3. The first-order valence-corrected chi connectivity index (χ1v) is 7.01. The summed E-state index contributed by atoms with van der Waals surface area (Å²) in [7, 11) is 3.54. The van der Waals surface area contributed by atoms with E-state index < -0.39 is 0 Å². The molecule has 112 valence electrons. The fraction of sp³-hybridized carbons (Fsp3) is 0.375. The number of methoxy groups -OCH3 is 1. The Morgan fingerprint density at radius 2 is 1.86 bits per heavy atom.